The Morgan fingerprint density at radius 3 is 2.14 bits per heavy atom. The Morgan fingerprint density at radius 2 is 1.22 bits per heavy atom. The molecule has 0 amide bonds. The molecule has 0 saturated heterocycles. The van der Waals surface area contributed by atoms with Crippen molar-refractivity contribution in [2.75, 3.05) is 0 Å². The Bertz CT molecular complexity index is 3070. The normalized spacial score (nSPS) is 14.9. The van der Waals surface area contributed by atoms with Crippen molar-refractivity contribution in [1.82, 2.24) is 5.32 Å². The molecule has 1 atom stereocenters. The second-order valence-corrected chi connectivity index (χ2v) is 14.0. The van der Waals surface area contributed by atoms with Crippen LogP contribution < -0.4 is 5.32 Å². The summed E-state index contributed by atoms with van der Waals surface area (Å²) in [6.07, 6.45) is -0.403. The summed E-state index contributed by atoms with van der Waals surface area (Å²) in [5.74, 6) is 1.48. The topological polar surface area (TPSA) is 63.0 Å². The Morgan fingerprint density at radius 1 is 0.510 bits per heavy atom. The Labute approximate surface area is 295 Å². The summed E-state index contributed by atoms with van der Waals surface area (Å²) in [6, 6.07) is 52.5. The van der Waals surface area contributed by atoms with Crippen LogP contribution in [-0.4, -0.2) is 11.7 Å². The quantitative estimate of drug-likeness (QED) is 0.202. The van der Waals surface area contributed by atoms with Gasteiger partial charge in [0.15, 0.2) is 5.84 Å². The Balaban J connectivity index is 1.09. The third-order valence-electron chi connectivity index (χ3n) is 9.97. The second kappa shape index (κ2) is 11.0. The van der Waals surface area contributed by atoms with Crippen LogP contribution in [0.15, 0.2) is 170 Å². The minimum absolute atomic E-state index is 0.403. The fourth-order valence-electron chi connectivity index (χ4n) is 7.66. The molecule has 1 N–H and O–H groups in total. The molecule has 0 fully saturated rings. The van der Waals surface area contributed by atoms with Crippen molar-refractivity contribution in [3.63, 3.8) is 0 Å². The summed E-state index contributed by atoms with van der Waals surface area (Å²) in [7, 11) is 0. The minimum atomic E-state index is -0.403. The summed E-state index contributed by atoms with van der Waals surface area (Å²) in [5, 5.41) is 10.5. The van der Waals surface area contributed by atoms with Crippen LogP contribution in [0.25, 0.3) is 75.2 Å². The molecule has 0 radical (unpaired) electrons. The van der Waals surface area contributed by atoms with E-state index in [9.17, 15) is 0 Å². The van der Waals surface area contributed by atoms with E-state index in [4.69, 9.17) is 18.8 Å². The van der Waals surface area contributed by atoms with Gasteiger partial charge in [-0.25, -0.2) is 9.98 Å². The van der Waals surface area contributed by atoms with E-state index in [-0.39, 0.29) is 0 Å². The Hall–Kier alpha value is -6.50. The zero-order chi connectivity index (χ0) is 33.5. The van der Waals surface area contributed by atoms with Crippen LogP contribution in [0.2, 0.25) is 0 Å². The average molecular weight is 674 g/mol. The van der Waals surface area contributed by atoms with Gasteiger partial charge in [0.1, 0.15) is 34.3 Å². The number of hydrogen-bond acceptors (Lipinski definition) is 6. The van der Waals surface area contributed by atoms with Gasteiger partial charge in [0, 0.05) is 64.0 Å². The molecule has 1 aliphatic heterocycles. The number of fused-ring (bicyclic) bond motifs is 9. The maximum absolute atomic E-state index is 6.77. The molecular formula is C45H27N3O2S. The lowest BCUT2D eigenvalue weighted by Gasteiger charge is -2.24. The van der Waals surface area contributed by atoms with Crippen molar-refractivity contribution >= 4 is 87.1 Å². The van der Waals surface area contributed by atoms with Gasteiger partial charge in [-0.3, -0.25) is 0 Å². The highest BCUT2D eigenvalue weighted by Gasteiger charge is 2.26. The van der Waals surface area contributed by atoms with E-state index in [0.717, 1.165) is 77.5 Å². The number of thiophene rings is 1. The van der Waals surface area contributed by atoms with Crippen molar-refractivity contribution in [3.8, 4) is 11.1 Å². The molecule has 3 aromatic heterocycles. The Kier molecular flexibility index (Phi) is 6.12. The third kappa shape index (κ3) is 4.40. The molecule has 5 nitrogen and oxygen atoms in total. The number of furan rings is 2. The van der Waals surface area contributed by atoms with Gasteiger partial charge in [-0.2, -0.15) is 0 Å². The number of nitrogens with zero attached hydrogens (tertiary/aromatic N) is 2. The standard InChI is InChI=1S/C45H27N3O2S/c1-2-11-26(12-3-1)43-46-44(27-23-24-29-28-13-5-7-22-38(28)51-39(29)25-27)48-45(47-43)34-18-10-21-37-41(34)33-17-8-16-31(42(33)50-37)30-15-9-20-36-40(30)32-14-4-6-19-35(32)49-36/h1-25,45H,(H,46,47,48). The van der Waals surface area contributed by atoms with Crippen molar-refractivity contribution in [3.05, 3.63) is 168 Å². The lowest BCUT2D eigenvalue weighted by atomic mass is 9.96. The zero-order valence-electron chi connectivity index (χ0n) is 27.1. The highest BCUT2D eigenvalue weighted by atomic mass is 32.1. The molecule has 0 aliphatic carbocycles. The minimum Gasteiger partial charge on any atom is -0.456 e. The van der Waals surface area contributed by atoms with E-state index in [1.165, 1.54) is 20.2 Å². The van der Waals surface area contributed by atoms with Gasteiger partial charge in [0.25, 0.3) is 0 Å². The second-order valence-electron chi connectivity index (χ2n) is 12.9. The van der Waals surface area contributed by atoms with Crippen LogP contribution in [0, 0.1) is 0 Å². The van der Waals surface area contributed by atoms with E-state index >= 15 is 0 Å². The molecule has 10 aromatic rings. The van der Waals surface area contributed by atoms with E-state index in [1.54, 1.807) is 0 Å². The molecule has 4 heterocycles. The first kappa shape index (κ1) is 28.3. The summed E-state index contributed by atoms with van der Waals surface area (Å²) in [5.41, 5.74) is 8.50. The molecule has 0 saturated carbocycles. The van der Waals surface area contributed by atoms with Crippen molar-refractivity contribution in [2.24, 2.45) is 9.98 Å². The zero-order valence-corrected chi connectivity index (χ0v) is 27.9. The molecular weight excluding hydrogens is 647 g/mol. The van der Waals surface area contributed by atoms with Crippen LogP contribution in [-0.2, 0) is 0 Å². The van der Waals surface area contributed by atoms with Crippen molar-refractivity contribution in [1.29, 1.82) is 0 Å². The van der Waals surface area contributed by atoms with Gasteiger partial charge in [-0.1, -0.05) is 121 Å². The van der Waals surface area contributed by atoms with Crippen LogP contribution in [0.5, 0.6) is 0 Å². The molecule has 0 bridgehead atoms. The number of amidine groups is 2. The molecule has 1 aliphatic rings. The number of nitrogens with one attached hydrogen (secondary N) is 1. The van der Waals surface area contributed by atoms with Gasteiger partial charge in [0.05, 0.1) is 0 Å². The molecule has 6 heteroatoms. The predicted molar refractivity (Wildman–Crippen MR) is 211 cm³/mol. The molecule has 240 valence electrons. The monoisotopic (exact) mass is 673 g/mol. The predicted octanol–water partition coefficient (Wildman–Crippen LogP) is 12.0. The number of rotatable bonds is 4. The van der Waals surface area contributed by atoms with Crippen molar-refractivity contribution < 1.29 is 8.83 Å². The third-order valence-corrected chi connectivity index (χ3v) is 11.1. The van der Waals surface area contributed by atoms with Crippen LogP contribution in [0.3, 0.4) is 0 Å². The summed E-state index contributed by atoms with van der Waals surface area (Å²) < 4.78 is 15.5. The summed E-state index contributed by atoms with van der Waals surface area (Å²) in [4.78, 5) is 10.4. The lowest BCUT2D eigenvalue weighted by Crippen LogP contribution is -2.33. The number of aliphatic imine (C=N–C) groups is 2. The summed E-state index contributed by atoms with van der Waals surface area (Å²) in [6.45, 7) is 0. The largest absolute Gasteiger partial charge is 0.456 e. The number of benzene rings is 7. The molecule has 7 aromatic carbocycles. The van der Waals surface area contributed by atoms with E-state index in [2.05, 4.69) is 115 Å². The number of para-hydroxylation sites is 2. The number of hydrogen-bond donors (Lipinski definition) is 1. The maximum Gasteiger partial charge on any atom is 0.159 e. The smallest absolute Gasteiger partial charge is 0.159 e. The molecule has 51 heavy (non-hydrogen) atoms. The first-order valence-electron chi connectivity index (χ1n) is 17.0. The van der Waals surface area contributed by atoms with Crippen LogP contribution in [0.4, 0.5) is 0 Å². The van der Waals surface area contributed by atoms with Gasteiger partial charge < -0.3 is 14.2 Å². The fraction of sp³-hybridized carbons (Fsp3) is 0.0222. The fourth-order valence-corrected chi connectivity index (χ4v) is 8.81. The van der Waals surface area contributed by atoms with Gasteiger partial charge in [-0.05, 0) is 35.9 Å². The van der Waals surface area contributed by atoms with E-state index in [1.807, 2.05) is 53.8 Å². The lowest BCUT2D eigenvalue weighted by molar-refractivity contribution is 0.663. The van der Waals surface area contributed by atoms with E-state index in [0.29, 0.717) is 5.84 Å². The van der Waals surface area contributed by atoms with Crippen molar-refractivity contribution in [2.45, 2.75) is 6.17 Å². The highest BCUT2D eigenvalue weighted by Crippen LogP contribution is 2.43. The molecule has 0 spiro atoms. The molecule has 11 rings (SSSR count). The van der Waals surface area contributed by atoms with E-state index < -0.39 is 6.17 Å². The van der Waals surface area contributed by atoms with Crippen LogP contribution >= 0.6 is 11.3 Å². The summed E-state index contributed by atoms with van der Waals surface area (Å²) >= 11 is 1.81. The van der Waals surface area contributed by atoms with Gasteiger partial charge in [-0.15, -0.1) is 11.3 Å². The molecule has 1 unspecified atom stereocenters. The average Bonchev–Trinajstić information content (AvgIpc) is 3.89. The van der Waals surface area contributed by atoms with Gasteiger partial charge >= 0.3 is 0 Å². The SMILES string of the molecule is c1ccc(C2=NC(c3cccc4oc5c(-c6cccc7oc8ccccc8c67)cccc5c34)NC(c3ccc4c(c3)sc3ccccc34)=N2)cc1. The highest BCUT2D eigenvalue weighted by molar-refractivity contribution is 7.25. The maximum atomic E-state index is 6.77. The first-order chi connectivity index (χ1) is 25.3. The first-order valence-corrected chi connectivity index (χ1v) is 17.8. The van der Waals surface area contributed by atoms with Gasteiger partial charge in [0.2, 0.25) is 0 Å². The van der Waals surface area contributed by atoms with Crippen LogP contribution in [0.1, 0.15) is 22.9 Å².